The molecule has 10 nitrogen and oxygen atoms in total. The fraction of sp³-hybridized carbons (Fsp3) is 0.200. The van der Waals surface area contributed by atoms with Gasteiger partial charge >= 0.3 is 12.1 Å². The Morgan fingerprint density at radius 3 is 1.78 bits per heavy atom. The smallest absolute Gasteiger partial charge is 0.407 e. The molecule has 0 unspecified atom stereocenters. The second kappa shape index (κ2) is 16.7. The van der Waals surface area contributed by atoms with Crippen molar-refractivity contribution in [2.24, 2.45) is 0 Å². The molecule has 1 atom stereocenters. The van der Waals surface area contributed by atoms with E-state index in [9.17, 15) is 19.8 Å². The summed E-state index contributed by atoms with van der Waals surface area (Å²) in [6.07, 6.45) is 0.532. The number of carbonyl (C=O) groups is 2. The second-order valence-electron chi connectivity index (χ2n) is 13.4. The summed E-state index contributed by atoms with van der Waals surface area (Å²) in [4.78, 5) is 32.2. The quantitative estimate of drug-likeness (QED) is 0.0629. The number of methoxy groups -OCH3 is 1. The third kappa shape index (κ3) is 7.76. The normalized spacial score (nSPS) is 12.7. The molecular weight excluding hydrogens is 695 g/mol. The molecule has 0 saturated heterocycles. The van der Waals surface area contributed by atoms with Gasteiger partial charge in [-0.25, -0.2) is 9.59 Å². The molecule has 0 fully saturated rings. The molecule has 4 N–H and O–H groups in total. The van der Waals surface area contributed by atoms with Crippen LogP contribution in [0.5, 0.6) is 17.5 Å². The Kier molecular flexibility index (Phi) is 11.1. The summed E-state index contributed by atoms with van der Waals surface area (Å²) in [5.41, 5.74) is 6.75. The summed E-state index contributed by atoms with van der Waals surface area (Å²) in [6.45, 7) is 0.610. The number of rotatable bonds is 15. The van der Waals surface area contributed by atoms with E-state index in [0.29, 0.717) is 24.1 Å². The van der Waals surface area contributed by atoms with Crippen LogP contribution >= 0.6 is 0 Å². The van der Waals surface area contributed by atoms with Crippen molar-refractivity contribution in [1.82, 2.24) is 15.4 Å². The zero-order chi connectivity index (χ0) is 38.2. The first kappa shape index (κ1) is 36.8. The summed E-state index contributed by atoms with van der Waals surface area (Å²) in [5.74, 6) is -1.21. The minimum atomic E-state index is -1.15. The first-order chi connectivity index (χ1) is 26.9. The number of carbonyl (C=O) groups excluding carboxylic acids is 2. The monoisotopic (exact) mass is 737 g/mol. The molecule has 10 heteroatoms. The van der Waals surface area contributed by atoms with E-state index in [4.69, 9.17) is 14.3 Å². The number of nitrogens with one attached hydrogen (secondary N) is 2. The van der Waals surface area contributed by atoms with E-state index in [2.05, 4.69) is 59.2 Å². The summed E-state index contributed by atoms with van der Waals surface area (Å²) in [7, 11) is 1.64. The summed E-state index contributed by atoms with van der Waals surface area (Å²) in [6, 6.07) is 45.8. The van der Waals surface area contributed by atoms with Crippen molar-refractivity contribution in [3.63, 3.8) is 0 Å². The fourth-order valence-corrected chi connectivity index (χ4v) is 7.45. The van der Waals surface area contributed by atoms with Crippen LogP contribution in [-0.2, 0) is 15.1 Å². The lowest BCUT2D eigenvalue weighted by Gasteiger charge is -2.37. The van der Waals surface area contributed by atoms with Crippen LogP contribution in [0, 0.1) is 0 Å². The first-order valence-electron chi connectivity index (χ1n) is 18.3. The molecule has 1 aliphatic rings. The van der Waals surface area contributed by atoms with Crippen LogP contribution < -0.4 is 20.2 Å². The number of nitrogens with zero attached hydrogens (tertiary/aromatic N) is 1. The average molecular weight is 738 g/mol. The van der Waals surface area contributed by atoms with Crippen molar-refractivity contribution in [2.45, 2.75) is 36.8 Å². The van der Waals surface area contributed by atoms with Crippen molar-refractivity contribution in [3.05, 3.63) is 173 Å². The van der Waals surface area contributed by atoms with Gasteiger partial charge in [0.2, 0.25) is 11.8 Å². The first-order valence-corrected chi connectivity index (χ1v) is 18.3. The summed E-state index contributed by atoms with van der Waals surface area (Å²) < 4.78 is 11.8. The molecule has 0 bridgehead atoms. The molecule has 5 aromatic carbocycles. The topological polar surface area (TPSA) is 131 Å². The van der Waals surface area contributed by atoms with Gasteiger partial charge in [0.05, 0.1) is 12.6 Å². The number of fused-ring (bicyclic) bond motifs is 3. The molecule has 0 radical (unpaired) electrons. The zero-order valence-electron chi connectivity index (χ0n) is 30.4. The molecular formula is C45H43N3O7. The van der Waals surface area contributed by atoms with Crippen molar-refractivity contribution in [1.29, 1.82) is 0 Å². The van der Waals surface area contributed by atoms with Crippen molar-refractivity contribution in [3.8, 4) is 28.6 Å². The molecule has 0 spiro atoms. The number of hydrogen-bond acceptors (Lipinski definition) is 8. The highest BCUT2D eigenvalue weighted by Gasteiger charge is 2.36. The van der Waals surface area contributed by atoms with Crippen molar-refractivity contribution in [2.75, 3.05) is 20.3 Å². The second-order valence-corrected chi connectivity index (χ2v) is 13.4. The summed E-state index contributed by atoms with van der Waals surface area (Å²) >= 11 is 0. The molecule has 1 amide bonds. The third-order valence-corrected chi connectivity index (χ3v) is 10.1. The minimum absolute atomic E-state index is 0.0666. The lowest BCUT2D eigenvalue weighted by atomic mass is 9.77. The number of alkyl carbamates (subject to hydrolysis) is 1. The van der Waals surface area contributed by atoms with E-state index < -0.39 is 35.4 Å². The summed E-state index contributed by atoms with van der Waals surface area (Å²) in [5, 5.41) is 26.8. The van der Waals surface area contributed by atoms with Crippen LogP contribution in [0.15, 0.2) is 146 Å². The van der Waals surface area contributed by atoms with Crippen LogP contribution in [0.4, 0.5) is 4.79 Å². The maximum atomic E-state index is 13.5. The lowest BCUT2D eigenvalue weighted by Crippen LogP contribution is -2.46. The minimum Gasteiger partial charge on any atom is -0.497 e. The van der Waals surface area contributed by atoms with Gasteiger partial charge in [0.1, 0.15) is 18.4 Å². The highest BCUT2D eigenvalue weighted by molar-refractivity contribution is 5.82. The Hall–Kier alpha value is -6.52. The predicted molar refractivity (Wildman–Crippen MR) is 209 cm³/mol. The Morgan fingerprint density at radius 1 is 0.691 bits per heavy atom. The van der Waals surface area contributed by atoms with Crippen LogP contribution in [-0.4, -0.2) is 53.3 Å². The largest absolute Gasteiger partial charge is 0.497 e. The van der Waals surface area contributed by atoms with E-state index in [1.54, 1.807) is 7.11 Å². The molecule has 1 aliphatic carbocycles. The number of aromatic hydroxyl groups is 2. The molecule has 1 aromatic heterocycles. The Bertz CT molecular complexity index is 2120. The predicted octanol–water partition coefficient (Wildman–Crippen LogP) is 7.52. The van der Waals surface area contributed by atoms with E-state index in [0.717, 1.165) is 44.7 Å². The molecule has 55 heavy (non-hydrogen) atoms. The van der Waals surface area contributed by atoms with Gasteiger partial charge in [-0.3, -0.25) is 5.32 Å². The number of benzene rings is 5. The molecule has 1 heterocycles. The highest BCUT2D eigenvalue weighted by Crippen LogP contribution is 2.44. The Labute approximate surface area is 319 Å². The lowest BCUT2D eigenvalue weighted by molar-refractivity contribution is -0.148. The number of aromatic nitrogens is 1. The average Bonchev–Trinajstić information content (AvgIpc) is 3.73. The van der Waals surface area contributed by atoms with Gasteiger partial charge < -0.3 is 29.8 Å². The van der Waals surface area contributed by atoms with Gasteiger partial charge in [-0.1, -0.05) is 121 Å². The molecule has 280 valence electrons. The van der Waals surface area contributed by atoms with E-state index >= 15 is 0 Å². The SMILES string of the molecule is COc1ccc(C(NCCCC[C@H](NC(=O)OCC2c3ccccc3-c3ccccc32)C(=O)On2c(O)ccc2O)(c2ccccc2)c2ccccc2)cc1. The maximum absolute atomic E-state index is 13.5. The number of ether oxygens (including phenoxy) is 2. The Balaban J connectivity index is 1.06. The van der Waals surface area contributed by atoms with Crippen molar-refractivity contribution >= 4 is 12.1 Å². The number of hydrogen-bond donors (Lipinski definition) is 4. The fourth-order valence-electron chi connectivity index (χ4n) is 7.45. The van der Waals surface area contributed by atoms with Gasteiger partial charge in [0.25, 0.3) is 0 Å². The standard InChI is InChI=1S/C45H43N3O7/c1-53-34-25-23-33(24-26-34)45(31-14-4-2-5-15-31,32-16-6-3-7-17-32)46-29-13-12-22-40(43(51)55-48-41(49)27-28-42(48)50)47-44(52)54-30-39-37-20-10-8-18-35(37)36-19-9-11-21-38(36)39/h2-11,14-21,23-28,39-40,46,49-50H,12-13,22,29-30H2,1H3,(H,47,52)/t40-/m0/s1. The Morgan fingerprint density at radius 2 is 1.22 bits per heavy atom. The van der Waals surface area contributed by atoms with Gasteiger partial charge in [-0.05, 0) is 76.9 Å². The maximum Gasteiger partial charge on any atom is 0.407 e. The van der Waals surface area contributed by atoms with Gasteiger partial charge in [0.15, 0.2) is 0 Å². The van der Waals surface area contributed by atoms with Crippen molar-refractivity contribution < 1.29 is 34.1 Å². The van der Waals surface area contributed by atoms with Crippen LogP contribution in [0.2, 0.25) is 0 Å². The van der Waals surface area contributed by atoms with Crippen LogP contribution in [0.3, 0.4) is 0 Å². The molecule has 7 rings (SSSR count). The number of amides is 1. The highest BCUT2D eigenvalue weighted by atomic mass is 16.7. The van der Waals surface area contributed by atoms with Gasteiger partial charge in [-0.2, -0.15) is 0 Å². The third-order valence-electron chi connectivity index (χ3n) is 10.1. The molecule has 6 aromatic rings. The van der Waals surface area contributed by atoms with E-state index in [-0.39, 0.29) is 18.9 Å². The number of unbranched alkanes of at least 4 members (excludes halogenated alkanes) is 1. The molecule has 0 saturated carbocycles. The van der Waals surface area contributed by atoms with E-state index in [1.165, 1.54) is 12.1 Å². The van der Waals surface area contributed by atoms with Gasteiger partial charge in [-0.15, -0.1) is 4.73 Å². The van der Waals surface area contributed by atoms with Crippen LogP contribution in [0.25, 0.3) is 11.1 Å². The molecule has 0 aliphatic heterocycles. The van der Waals surface area contributed by atoms with Crippen LogP contribution in [0.1, 0.15) is 53.0 Å². The van der Waals surface area contributed by atoms with E-state index in [1.807, 2.05) is 84.9 Å². The zero-order valence-corrected chi connectivity index (χ0v) is 30.4. The van der Waals surface area contributed by atoms with Gasteiger partial charge in [0, 0.05) is 18.1 Å².